The number of carbonyl (C=O) groups is 3. The van der Waals surface area contributed by atoms with Crippen LogP contribution in [-0.2, 0) is 14.3 Å². The molecule has 0 bridgehead atoms. The Hall–Kier alpha value is -5.31. The minimum absolute atomic E-state index is 0.0232. The van der Waals surface area contributed by atoms with Crippen LogP contribution in [0.4, 0.5) is 4.79 Å². The van der Waals surface area contributed by atoms with Crippen molar-refractivity contribution in [2.24, 2.45) is 0 Å². The Morgan fingerprint density at radius 1 is 0.721 bits per heavy atom. The van der Waals surface area contributed by atoms with Crippen molar-refractivity contribution >= 4 is 18.0 Å². The highest BCUT2D eigenvalue weighted by molar-refractivity contribution is 5.87. The molecule has 5 rings (SSSR count). The number of amides is 2. The van der Waals surface area contributed by atoms with Crippen molar-refractivity contribution in [2.45, 2.75) is 24.4 Å². The number of alkyl carbamates (subject to hydrolysis) is 1. The van der Waals surface area contributed by atoms with Gasteiger partial charge in [0.25, 0.3) is 0 Å². The molecule has 9 heteroatoms. The fraction of sp³-hybridized carbons (Fsp3) is 0.206. The lowest BCUT2D eigenvalue weighted by Gasteiger charge is -2.22. The van der Waals surface area contributed by atoms with Gasteiger partial charge in [-0.2, -0.15) is 0 Å². The predicted octanol–water partition coefficient (Wildman–Crippen LogP) is 5.29. The monoisotopic (exact) mass is 580 g/mol. The highest BCUT2D eigenvalue weighted by Gasteiger charge is 2.30. The smallest absolute Gasteiger partial charge is 0.407 e. The predicted molar refractivity (Wildman–Crippen MR) is 160 cm³/mol. The Kier molecular flexibility index (Phi) is 8.90. The van der Waals surface area contributed by atoms with Crippen molar-refractivity contribution < 1.29 is 33.7 Å². The number of ether oxygens (including phenoxy) is 3. The second-order valence-corrected chi connectivity index (χ2v) is 10.1. The normalized spacial score (nSPS) is 12.5. The van der Waals surface area contributed by atoms with Crippen LogP contribution in [0.25, 0.3) is 11.1 Å². The van der Waals surface area contributed by atoms with Crippen LogP contribution in [0, 0.1) is 0 Å². The van der Waals surface area contributed by atoms with Crippen LogP contribution in [0.1, 0.15) is 40.6 Å². The van der Waals surface area contributed by atoms with E-state index in [4.69, 9.17) is 14.2 Å². The molecule has 0 fully saturated rings. The van der Waals surface area contributed by atoms with Gasteiger partial charge < -0.3 is 30.0 Å². The average Bonchev–Trinajstić information content (AvgIpc) is 3.36. The van der Waals surface area contributed by atoms with E-state index in [1.54, 1.807) is 38.5 Å². The van der Waals surface area contributed by atoms with Crippen LogP contribution >= 0.6 is 0 Å². The zero-order valence-corrected chi connectivity index (χ0v) is 23.8. The molecule has 0 spiro atoms. The number of benzene rings is 4. The summed E-state index contributed by atoms with van der Waals surface area (Å²) >= 11 is 0. The van der Waals surface area contributed by atoms with Crippen LogP contribution < -0.4 is 20.1 Å². The van der Waals surface area contributed by atoms with E-state index in [2.05, 4.69) is 10.6 Å². The molecule has 0 aliphatic heterocycles. The van der Waals surface area contributed by atoms with Crippen LogP contribution in [0.2, 0.25) is 0 Å². The molecule has 0 radical (unpaired) electrons. The van der Waals surface area contributed by atoms with Gasteiger partial charge in [0.05, 0.1) is 26.7 Å². The number of hydrogen-bond acceptors (Lipinski definition) is 6. The first-order valence-corrected chi connectivity index (χ1v) is 13.8. The number of nitrogens with one attached hydrogen (secondary N) is 2. The molecule has 43 heavy (non-hydrogen) atoms. The molecule has 3 N–H and O–H groups in total. The van der Waals surface area contributed by atoms with Gasteiger partial charge >= 0.3 is 12.1 Å². The van der Waals surface area contributed by atoms with Crippen LogP contribution in [-0.4, -0.2) is 49.9 Å². The van der Waals surface area contributed by atoms with Gasteiger partial charge in [0.1, 0.15) is 24.1 Å². The second kappa shape index (κ2) is 13.1. The topological polar surface area (TPSA) is 123 Å². The quantitative estimate of drug-likeness (QED) is 0.220. The van der Waals surface area contributed by atoms with Crippen molar-refractivity contribution in [2.75, 3.05) is 20.8 Å². The molecule has 4 aromatic rings. The molecule has 0 heterocycles. The van der Waals surface area contributed by atoms with E-state index in [1.165, 1.54) is 0 Å². The van der Waals surface area contributed by atoms with Gasteiger partial charge in [0.15, 0.2) is 0 Å². The molecule has 1 aliphatic carbocycles. The van der Waals surface area contributed by atoms with Gasteiger partial charge in [-0.05, 0) is 57.6 Å². The maximum atomic E-state index is 13.2. The molecule has 9 nitrogen and oxygen atoms in total. The zero-order chi connectivity index (χ0) is 30.3. The Morgan fingerprint density at radius 2 is 1.21 bits per heavy atom. The number of aliphatic carboxylic acids is 1. The third-order valence-corrected chi connectivity index (χ3v) is 7.53. The van der Waals surface area contributed by atoms with Gasteiger partial charge in [0, 0.05) is 5.92 Å². The molecular weight excluding hydrogens is 548 g/mol. The summed E-state index contributed by atoms with van der Waals surface area (Å²) in [6.45, 7) is 0.0232. The van der Waals surface area contributed by atoms with E-state index in [0.29, 0.717) is 11.5 Å². The summed E-state index contributed by atoms with van der Waals surface area (Å²) in [5, 5.41) is 15.1. The van der Waals surface area contributed by atoms with Crippen molar-refractivity contribution in [3.05, 3.63) is 119 Å². The zero-order valence-electron chi connectivity index (χ0n) is 23.8. The Morgan fingerprint density at radius 3 is 1.67 bits per heavy atom. The molecule has 220 valence electrons. The Labute approximate surface area is 249 Å². The van der Waals surface area contributed by atoms with Crippen molar-refractivity contribution in [3.63, 3.8) is 0 Å². The lowest BCUT2D eigenvalue weighted by atomic mass is 9.98. The van der Waals surface area contributed by atoms with Crippen molar-refractivity contribution in [3.8, 4) is 22.6 Å². The van der Waals surface area contributed by atoms with Gasteiger partial charge in [-0.15, -0.1) is 0 Å². The second-order valence-electron chi connectivity index (χ2n) is 10.1. The molecule has 4 aromatic carbocycles. The van der Waals surface area contributed by atoms with Crippen LogP contribution in [0.15, 0.2) is 97.1 Å². The van der Waals surface area contributed by atoms with E-state index in [9.17, 15) is 19.5 Å². The average molecular weight is 581 g/mol. The summed E-state index contributed by atoms with van der Waals surface area (Å²) < 4.78 is 16.0. The molecule has 0 unspecified atom stereocenters. The summed E-state index contributed by atoms with van der Waals surface area (Å²) in [5.74, 6) is -0.792. The van der Waals surface area contributed by atoms with Crippen molar-refractivity contribution in [1.29, 1.82) is 0 Å². The number of carbonyl (C=O) groups excluding carboxylic acids is 2. The summed E-state index contributed by atoms with van der Waals surface area (Å²) in [4.78, 5) is 38.0. The van der Waals surface area contributed by atoms with E-state index in [0.717, 1.165) is 33.4 Å². The number of rotatable bonds is 11. The summed E-state index contributed by atoms with van der Waals surface area (Å²) in [5.41, 5.74) is 5.75. The number of carboxylic acids is 1. The number of carboxylic acid groups (broad SMARTS) is 1. The van der Waals surface area contributed by atoms with Gasteiger partial charge in [-0.1, -0.05) is 72.8 Å². The lowest BCUT2D eigenvalue weighted by molar-refractivity contribution is -0.141. The molecule has 1 aliphatic rings. The molecular formula is C34H32N2O7. The van der Waals surface area contributed by atoms with Crippen LogP contribution in [0.5, 0.6) is 11.5 Å². The van der Waals surface area contributed by atoms with Gasteiger partial charge in [-0.25, -0.2) is 9.59 Å². The third kappa shape index (κ3) is 6.62. The standard InChI is InChI=1S/C34H32N2O7/c1-41-23-15-11-21(12-16-23)32(22-13-17-24(42-2)18-14-22)36-31(37)19-30(33(38)39)35-34(40)43-20-29-27-9-5-3-7-25(27)26-8-4-6-10-28(26)29/h3-18,29-30,32H,19-20H2,1-2H3,(H,35,40)(H,36,37)(H,38,39)/t30-/m1/s1. The molecule has 1 atom stereocenters. The van der Waals surface area contributed by atoms with Gasteiger partial charge in [-0.3, -0.25) is 4.79 Å². The maximum Gasteiger partial charge on any atom is 0.407 e. The SMILES string of the molecule is COc1ccc(C(NC(=O)C[C@@H](NC(=O)OCC2c3ccccc3-c3ccccc32)C(=O)O)c2ccc(OC)cc2)cc1. The summed E-state index contributed by atoms with van der Waals surface area (Å²) in [6.07, 6.45) is -1.41. The summed E-state index contributed by atoms with van der Waals surface area (Å²) in [6, 6.07) is 28.1. The fourth-order valence-corrected chi connectivity index (χ4v) is 5.34. The van der Waals surface area contributed by atoms with Gasteiger partial charge in [0.2, 0.25) is 5.91 Å². The van der Waals surface area contributed by atoms with E-state index < -0.39 is 36.5 Å². The largest absolute Gasteiger partial charge is 0.497 e. The third-order valence-electron chi connectivity index (χ3n) is 7.53. The lowest BCUT2D eigenvalue weighted by Crippen LogP contribution is -2.45. The van der Waals surface area contributed by atoms with E-state index in [-0.39, 0.29) is 12.5 Å². The highest BCUT2D eigenvalue weighted by atomic mass is 16.5. The van der Waals surface area contributed by atoms with E-state index >= 15 is 0 Å². The first-order valence-electron chi connectivity index (χ1n) is 13.8. The molecule has 0 aromatic heterocycles. The van der Waals surface area contributed by atoms with E-state index in [1.807, 2.05) is 72.8 Å². The first kappa shape index (κ1) is 29.2. The Balaban J connectivity index is 1.25. The van der Waals surface area contributed by atoms with Crippen molar-refractivity contribution in [1.82, 2.24) is 10.6 Å². The summed E-state index contributed by atoms with van der Waals surface area (Å²) in [7, 11) is 3.13. The highest BCUT2D eigenvalue weighted by Crippen LogP contribution is 2.44. The minimum Gasteiger partial charge on any atom is -0.497 e. The van der Waals surface area contributed by atoms with Crippen LogP contribution in [0.3, 0.4) is 0 Å². The number of methoxy groups -OCH3 is 2. The number of fused-ring (bicyclic) bond motifs is 3. The fourth-order valence-electron chi connectivity index (χ4n) is 5.34. The molecule has 0 saturated carbocycles. The molecule has 0 saturated heterocycles. The maximum absolute atomic E-state index is 13.2. The minimum atomic E-state index is -1.50. The first-order chi connectivity index (χ1) is 20.9. The molecule has 2 amide bonds. The number of hydrogen-bond donors (Lipinski definition) is 3. The Bertz CT molecular complexity index is 1510.